The fraction of sp³-hybridized carbons (Fsp3) is 0.607. The van der Waals surface area contributed by atoms with Crippen LogP contribution in [0.5, 0.6) is 0 Å². The second-order valence-electron chi connectivity index (χ2n) is 11.6. The Morgan fingerprint density at radius 2 is 1.83 bits per heavy atom. The van der Waals surface area contributed by atoms with E-state index in [1.54, 1.807) is 23.0 Å². The lowest BCUT2D eigenvalue weighted by Crippen LogP contribution is -2.50. The quantitative estimate of drug-likeness (QED) is 0.345. The third kappa shape index (κ3) is 6.53. The Hall–Kier alpha value is -3.68. The molecule has 3 fully saturated rings. The van der Waals surface area contributed by atoms with Crippen molar-refractivity contribution < 1.29 is 32.3 Å². The molecule has 42 heavy (non-hydrogen) atoms. The van der Waals surface area contributed by atoms with Gasteiger partial charge in [-0.1, -0.05) is 0 Å². The molecule has 2 aromatic heterocycles. The van der Waals surface area contributed by atoms with Gasteiger partial charge in [0.25, 0.3) is 5.91 Å². The maximum atomic E-state index is 13.8. The molecule has 14 heteroatoms. The minimum absolute atomic E-state index is 0.0265. The van der Waals surface area contributed by atoms with Gasteiger partial charge in [-0.15, -0.1) is 0 Å². The van der Waals surface area contributed by atoms with Crippen LogP contribution in [0.2, 0.25) is 0 Å². The summed E-state index contributed by atoms with van der Waals surface area (Å²) in [7, 11) is 1.39. The molecular formula is C28H36F3N7O4. The van der Waals surface area contributed by atoms with E-state index in [-0.39, 0.29) is 24.4 Å². The number of rotatable bonds is 12. The summed E-state index contributed by atoms with van der Waals surface area (Å²) in [5.41, 5.74) is 0.805. The predicted octanol–water partition coefficient (Wildman–Crippen LogP) is 3.68. The minimum atomic E-state index is -4.59. The number of ether oxygens (including phenoxy) is 1. The molecule has 0 bridgehead atoms. The van der Waals surface area contributed by atoms with Crippen LogP contribution in [0, 0.1) is 17.8 Å². The number of carbonyl (C=O) groups is 3. The van der Waals surface area contributed by atoms with E-state index in [1.165, 1.54) is 19.4 Å². The van der Waals surface area contributed by atoms with Gasteiger partial charge in [0.2, 0.25) is 5.91 Å². The van der Waals surface area contributed by atoms with Crippen LogP contribution in [0.1, 0.15) is 67.7 Å². The van der Waals surface area contributed by atoms with E-state index in [4.69, 9.17) is 4.74 Å². The monoisotopic (exact) mass is 591 g/mol. The van der Waals surface area contributed by atoms with Crippen LogP contribution in [-0.4, -0.2) is 76.0 Å². The van der Waals surface area contributed by atoms with E-state index >= 15 is 0 Å². The first kappa shape index (κ1) is 29.8. The van der Waals surface area contributed by atoms with Crippen molar-refractivity contribution in [1.82, 2.24) is 30.3 Å². The number of aromatic nitrogens is 3. The van der Waals surface area contributed by atoms with Crippen molar-refractivity contribution in [3.05, 3.63) is 41.9 Å². The molecule has 1 saturated heterocycles. The first-order valence-electron chi connectivity index (χ1n) is 14.2. The summed E-state index contributed by atoms with van der Waals surface area (Å²) in [5.74, 6) is -0.0160. The molecule has 0 radical (unpaired) electrons. The van der Waals surface area contributed by atoms with E-state index in [9.17, 15) is 27.6 Å². The van der Waals surface area contributed by atoms with Gasteiger partial charge in [0, 0.05) is 25.5 Å². The number of methoxy groups -OCH3 is 1. The summed E-state index contributed by atoms with van der Waals surface area (Å²) in [6.07, 6.45) is 2.35. The molecule has 4 amide bonds. The Kier molecular flexibility index (Phi) is 8.44. The Morgan fingerprint density at radius 3 is 2.40 bits per heavy atom. The highest BCUT2D eigenvalue weighted by Crippen LogP contribution is 2.51. The average molecular weight is 592 g/mol. The second-order valence-corrected chi connectivity index (χ2v) is 11.6. The number of nitrogens with one attached hydrogen (secondary N) is 3. The number of halogens is 3. The summed E-state index contributed by atoms with van der Waals surface area (Å²) < 4.78 is 46.8. The number of alkyl halides is 3. The third-order valence-electron chi connectivity index (χ3n) is 8.13. The van der Waals surface area contributed by atoms with Gasteiger partial charge in [0.15, 0.2) is 0 Å². The Labute approximate surface area is 241 Å². The zero-order chi connectivity index (χ0) is 30.2. The number of hydrogen-bond acceptors (Lipinski definition) is 6. The van der Waals surface area contributed by atoms with E-state index in [0.717, 1.165) is 30.6 Å². The molecule has 3 atom stereocenters. The van der Waals surface area contributed by atoms with Gasteiger partial charge in [0.1, 0.15) is 23.6 Å². The van der Waals surface area contributed by atoms with Crippen molar-refractivity contribution in [2.24, 2.45) is 17.8 Å². The lowest BCUT2D eigenvalue weighted by Gasteiger charge is -2.28. The topological polar surface area (TPSA) is 130 Å². The minimum Gasteiger partial charge on any atom is -0.382 e. The highest BCUT2D eigenvalue weighted by atomic mass is 19.4. The average Bonchev–Trinajstić information content (AvgIpc) is 3.86. The van der Waals surface area contributed by atoms with Crippen LogP contribution in [-0.2, 0) is 9.53 Å². The number of anilines is 1. The zero-order valence-electron chi connectivity index (χ0n) is 23.7. The number of hydrogen-bond donors (Lipinski definition) is 3. The molecular weight excluding hydrogens is 555 g/mol. The molecule has 2 aromatic rings. The van der Waals surface area contributed by atoms with Crippen LogP contribution in [0.25, 0.3) is 0 Å². The summed E-state index contributed by atoms with van der Waals surface area (Å²) >= 11 is 0. The third-order valence-corrected chi connectivity index (χ3v) is 8.13. The van der Waals surface area contributed by atoms with Crippen molar-refractivity contribution in [3.63, 3.8) is 0 Å². The van der Waals surface area contributed by atoms with Crippen LogP contribution in [0.15, 0.2) is 30.6 Å². The van der Waals surface area contributed by atoms with E-state index < -0.39 is 48.7 Å². The normalized spacial score (nSPS) is 20.5. The number of amides is 4. The van der Waals surface area contributed by atoms with Gasteiger partial charge in [0.05, 0.1) is 19.2 Å². The van der Waals surface area contributed by atoms with Gasteiger partial charge in [-0.3, -0.25) is 14.3 Å². The SMILES string of the molecule is COC[C@H](c1ccnc(NC(=O)[C@@H](NC(=O)c2ccnn2C(C)C)C(C2CC2)C2CC2)c1)N1C[C@@H](C(F)(F)F)NC1=O. The van der Waals surface area contributed by atoms with Crippen LogP contribution in [0.4, 0.5) is 23.8 Å². The Morgan fingerprint density at radius 1 is 1.14 bits per heavy atom. The molecule has 0 unspecified atom stereocenters. The lowest BCUT2D eigenvalue weighted by atomic mass is 9.88. The smallest absolute Gasteiger partial charge is 0.382 e. The van der Waals surface area contributed by atoms with Crippen LogP contribution < -0.4 is 16.0 Å². The van der Waals surface area contributed by atoms with Crippen molar-refractivity contribution >= 4 is 23.7 Å². The van der Waals surface area contributed by atoms with Crippen molar-refractivity contribution in [2.45, 2.75) is 69.9 Å². The standard InChI is InChI=1S/C28H36F3N7O4/c1-15(2)38-19(9-11-33-38)25(39)36-24(23(16-4-5-16)17-6-7-17)26(40)35-22-12-18(8-10-32-22)20(14-42-3)37-13-21(28(29,30)31)34-27(37)41/h8-12,15-17,20-21,23-24H,4-7,13-14H2,1-3H3,(H,34,41)(H,36,39)(H,32,35,40)/t20-,21+,24+/m1/s1. The highest BCUT2D eigenvalue weighted by molar-refractivity contribution is 6.00. The molecule has 3 aliphatic rings. The van der Waals surface area contributed by atoms with Crippen molar-refractivity contribution in [1.29, 1.82) is 0 Å². The van der Waals surface area contributed by atoms with Gasteiger partial charge in [-0.2, -0.15) is 18.3 Å². The summed E-state index contributed by atoms with van der Waals surface area (Å²) in [6.45, 7) is 3.18. The molecule has 3 heterocycles. The predicted molar refractivity (Wildman–Crippen MR) is 145 cm³/mol. The molecule has 2 aliphatic carbocycles. The van der Waals surface area contributed by atoms with E-state index in [1.807, 2.05) is 19.2 Å². The summed E-state index contributed by atoms with van der Waals surface area (Å²) in [5, 5.41) is 12.0. The summed E-state index contributed by atoms with van der Waals surface area (Å²) in [4.78, 5) is 45.0. The van der Waals surface area contributed by atoms with Gasteiger partial charge in [-0.25, -0.2) is 9.78 Å². The molecule has 5 rings (SSSR count). The fourth-order valence-corrected chi connectivity index (χ4v) is 5.81. The zero-order valence-corrected chi connectivity index (χ0v) is 23.7. The molecule has 3 N–H and O–H groups in total. The van der Waals surface area contributed by atoms with Crippen LogP contribution in [0.3, 0.4) is 0 Å². The van der Waals surface area contributed by atoms with E-state index in [0.29, 0.717) is 23.1 Å². The van der Waals surface area contributed by atoms with Crippen LogP contribution >= 0.6 is 0 Å². The largest absolute Gasteiger partial charge is 0.410 e. The number of carbonyl (C=O) groups excluding carboxylic acids is 3. The molecule has 2 saturated carbocycles. The van der Waals surface area contributed by atoms with Crippen molar-refractivity contribution in [2.75, 3.05) is 25.6 Å². The van der Waals surface area contributed by atoms with Crippen molar-refractivity contribution in [3.8, 4) is 0 Å². The Bertz CT molecular complexity index is 1300. The highest BCUT2D eigenvalue weighted by Gasteiger charge is 2.50. The molecule has 0 spiro atoms. The first-order valence-corrected chi connectivity index (χ1v) is 14.2. The Balaban J connectivity index is 1.37. The lowest BCUT2D eigenvalue weighted by molar-refractivity contribution is -0.150. The maximum Gasteiger partial charge on any atom is 0.410 e. The number of urea groups is 1. The van der Waals surface area contributed by atoms with Gasteiger partial charge < -0.3 is 25.6 Å². The fourth-order valence-electron chi connectivity index (χ4n) is 5.81. The molecule has 1 aliphatic heterocycles. The number of pyridine rings is 1. The molecule has 228 valence electrons. The molecule has 11 nitrogen and oxygen atoms in total. The molecule has 0 aromatic carbocycles. The van der Waals surface area contributed by atoms with Gasteiger partial charge >= 0.3 is 12.2 Å². The maximum absolute atomic E-state index is 13.8. The number of nitrogens with zero attached hydrogens (tertiary/aromatic N) is 4. The summed E-state index contributed by atoms with van der Waals surface area (Å²) in [6, 6.07) is 0.135. The second kappa shape index (κ2) is 11.9. The van der Waals surface area contributed by atoms with Gasteiger partial charge in [-0.05, 0) is 81.0 Å². The first-order chi connectivity index (χ1) is 20.0. The van der Waals surface area contributed by atoms with E-state index in [2.05, 4.69) is 20.7 Å².